The van der Waals surface area contributed by atoms with Crippen LogP contribution in [0.2, 0.25) is 0 Å². The number of nitrogens with zero attached hydrogens (tertiary/aromatic N) is 3. The SMILES string of the molecule is O=C(O)C1(C(=O)N2CCn3ncc(CO)c3C2)CC2(CCC2)C1. The van der Waals surface area contributed by atoms with Crippen molar-refractivity contribution in [2.45, 2.75) is 51.8 Å². The van der Waals surface area contributed by atoms with Gasteiger partial charge in [-0.1, -0.05) is 6.42 Å². The summed E-state index contributed by atoms with van der Waals surface area (Å²) in [5, 5.41) is 23.3. The number of aliphatic carboxylic acids is 1. The lowest BCUT2D eigenvalue weighted by molar-refractivity contribution is -0.187. The van der Waals surface area contributed by atoms with E-state index in [4.69, 9.17) is 0 Å². The van der Waals surface area contributed by atoms with E-state index in [1.165, 1.54) is 0 Å². The lowest BCUT2D eigenvalue weighted by atomic mass is 9.45. The molecular formula is C16H21N3O4. The number of amides is 1. The summed E-state index contributed by atoms with van der Waals surface area (Å²) in [5.74, 6) is -1.25. The summed E-state index contributed by atoms with van der Waals surface area (Å²) in [6, 6.07) is 0. The van der Waals surface area contributed by atoms with E-state index in [2.05, 4.69) is 5.10 Å². The van der Waals surface area contributed by atoms with Gasteiger partial charge in [-0.05, 0) is 31.1 Å². The van der Waals surface area contributed by atoms with Gasteiger partial charge in [0, 0.05) is 12.1 Å². The fourth-order valence-electron chi connectivity index (χ4n) is 4.56. The second-order valence-corrected chi connectivity index (χ2v) is 7.32. The van der Waals surface area contributed by atoms with Gasteiger partial charge in [0.25, 0.3) is 0 Å². The monoisotopic (exact) mass is 319 g/mol. The molecule has 7 heteroatoms. The first-order valence-corrected chi connectivity index (χ1v) is 8.17. The predicted molar refractivity (Wildman–Crippen MR) is 79.2 cm³/mol. The van der Waals surface area contributed by atoms with E-state index >= 15 is 0 Å². The summed E-state index contributed by atoms with van der Waals surface area (Å²) in [6.07, 6.45) is 5.83. The zero-order valence-corrected chi connectivity index (χ0v) is 13.0. The smallest absolute Gasteiger partial charge is 0.319 e. The third-order valence-electron chi connectivity index (χ3n) is 6.00. The molecule has 0 bridgehead atoms. The molecular weight excluding hydrogens is 298 g/mol. The number of aliphatic hydroxyl groups excluding tert-OH is 1. The average Bonchev–Trinajstić information content (AvgIpc) is 2.86. The van der Waals surface area contributed by atoms with Crippen LogP contribution >= 0.6 is 0 Å². The number of hydrogen-bond donors (Lipinski definition) is 2. The van der Waals surface area contributed by atoms with E-state index < -0.39 is 11.4 Å². The Bertz CT molecular complexity index is 655. The van der Waals surface area contributed by atoms with Gasteiger partial charge in [-0.2, -0.15) is 5.10 Å². The molecule has 7 nitrogen and oxygen atoms in total. The first-order valence-electron chi connectivity index (χ1n) is 8.17. The minimum absolute atomic E-state index is 0.113. The van der Waals surface area contributed by atoms with Crippen molar-refractivity contribution in [1.29, 1.82) is 0 Å². The lowest BCUT2D eigenvalue weighted by Gasteiger charge is -2.58. The Morgan fingerprint density at radius 3 is 2.57 bits per heavy atom. The molecule has 2 aliphatic carbocycles. The van der Waals surface area contributed by atoms with Crippen molar-refractivity contribution in [3.8, 4) is 0 Å². The quantitative estimate of drug-likeness (QED) is 0.802. The Hall–Kier alpha value is -1.89. The zero-order valence-electron chi connectivity index (χ0n) is 13.0. The maximum atomic E-state index is 13.0. The average molecular weight is 319 g/mol. The Balaban J connectivity index is 1.56. The van der Waals surface area contributed by atoms with Crippen LogP contribution in [0.5, 0.6) is 0 Å². The number of aliphatic hydroxyl groups is 1. The second kappa shape index (κ2) is 4.80. The Morgan fingerprint density at radius 2 is 2.00 bits per heavy atom. The number of carbonyl (C=O) groups excluding carboxylic acids is 1. The van der Waals surface area contributed by atoms with Crippen molar-refractivity contribution in [2.75, 3.05) is 6.54 Å². The molecule has 1 aromatic rings. The zero-order chi connectivity index (χ0) is 16.2. The highest BCUT2D eigenvalue weighted by atomic mass is 16.4. The van der Waals surface area contributed by atoms with Gasteiger partial charge in [0.15, 0.2) is 0 Å². The number of rotatable bonds is 3. The Labute approximate surface area is 133 Å². The molecule has 3 aliphatic rings. The maximum Gasteiger partial charge on any atom is 0.319 e. The van der Waals surface area contributed by atoms with Crippen molar-refractivity contribution in [3.05, 3.63) is 17.5 Å². The fourth-order valence-corrected chi connectivity index (χ4v) is 4.56. The molecule has 2 N–H and O–H groups in total. The Kier molecular flexibility index (Phi) is 3.07. The molecule has 2 fully saturated rings. The molecule has 23 heavy (non-hydrogen) atoms. The van der Waals surface area contributed by atoms with Crippen molar-refractivity contribution in [1.82, 2.24) is 14.7 Å². The summed E-state index contributed by atoms with van der Waals surface area (Å²) < 4.78 is 1.79. The molecule has 0 unspecified atom stereocenters. The van der Waals surface area contributed by atoms with Crippen LogP contribution in [0.3, 0.4) is 0 Å². The normalized spacial score (nSPS) is 23.8. The van der Waals surface area contributed by atoms with Crippen molar-refractivity contribution < 1.29 is 19.8 Å². The molecule has 0 aromatic carbocycles. The van der Waals surface area contributed by atoms with Gasteiger partial charge in [-0.3, -0.25) is 14.3 Å². The largest absolute Gasteiger partial charge is 0.480 e. The molecule has 1 amide bonds. The van der Waals surface area contributed by atoms with Crippen molar-refractivity contribution in [2.24, 2.45) is 10.8 Å². The van der Waals surface area contributed by atoms with E-state index in [0.29, 0.717) is 38.0 Å². The van der Waals surface area contributed by atoms with Gasteiger partial charge in [-0.25, -0.2) is 0 Å². The van der Waals surface area contributed by atoms with E-state index in [-0.39, 0.29) is 17.9 Å². The van der Waals surface area contributed by atoms with Crippen LogP contribution in [0.4, 0.5) is 0 Å². The van der Waals surface area contributed by atoms with Gasteiger partial charge in [0.2, 0.25) is 5.91 Å². The van der Waals surface area contributed by atoms with Crippen LogP contribution in [0.25, 0.3) is 0 Å². The van der Waals surface area contributed by atoms with E-state index in [9.17, 15) is 19.8 Å². The fraction of sp³-hybridized carbons (Fsp3) is 0.688. The summed E-state index contributed by atoms with van der Waals surface area (Å²) in [4.78, 5) is 26.4. The minimum atomic E-state index is -1.23. The third-order valence-corrected chi connectivity index (χ3v) is 6.00. The molecule has 2 heterocycles. The molecule has 1 spiro atoms. The van der Waals surface area contributed by atoms with E-state index in [1.54, 1.807) is 15.8 Å². The summed E-state index contributed by atoms with van der Waals surface area (Å²) in [6.45, 7) is 1.23. The number of carboxylic acid groups (broad SMARTS) is 1. The Morgan fingerprint density at radius 1 is 1.26 bits per heavy atom. The van der Waals surface area contributed by atoms with E-state index in [0.717, 1.165) is 25.0 Å². The highest BCUT2D eigenvalue weighted by molar-refractivity contribution is 6.03. The molecule has 1 aliphatic heterocycles. The first-order chi connectivity index (χ1) is 11.0. The standard InChI is InChI=1S/C16H21N3O4/c20-8-11-6-17-19-5-4-18(7-12(11)19)13(21)16(14(22)23)9-15(10-16)2-1-3-15/h6,20H,1-5,7-10H2,(H,22,23). The first kappa shape index (κ1) is 14.7. The van der Waals surface area contributed by atoms with Gasteiger partial charge in [-0.15, -0.1) is 0 Å². The van der Waals surface area contributed by atoms with Crippen LogP contribution in [0.15, 0.2) is 6.20 Å². The van der Waals surface area contributed by atoms with E-state index in [1.807, 2.05) is 0 Å². The predicted octanol–water partition coefficient (Wildman–Crippen LogP) is 0.753. The molecule has 4 rings (SSSR count). The van der Waals surface area contributed by atoms with Gasteiger partial charge in [0.05, 0.1) is 31.6 Å². The molecule has 0 saturated heterocycles. The molecule has 1 aromatic heterocycles. The van der Waals surface area contributed by atoms with Crippen molar-refractivity contribution in [3.63, 3.8) is 0 Å². The molecule has 0 atom stereocenters. The van der Waals surface area contributed by atoms with Crippen LogP contribution in [0.1, 0.15) is 43.4 Å². The molecule has 2 saturated carbocycles. The van der Waals surface area contributed by atoms with Crippen LogP contribution in [-0.2, 0) is 29.3 Å². The van der Waals surface area contributed by atoms with Crippen LogP contribution in [0, 0.1) is 10.8 Å². The highest BCUT2D eigenvalue weighted by Crippen LogP contribution is 2.65. The van der Waals surface area contributed by atoms with Gasteiger partial charge in [0.1, 0.15) is 5.41 Å². The number of hydrogen-bond acceptors (Lipinski definition) is 4. The number of aromatic nitrogens is 2. The number of carboxylic acids is 1. The molecule has 0 radical (unpaired) electrons. The molecule has 124 valence electrons. The lowest BCUT2D eigenvalue weighted by Crippen LogP contribution is -2.62. The van der Waals surface area contributed by atoms with Crippen LogP contribution in [-0.4, -0.2) is 43.3 Å². The topological polar surface area (TPSA) is 95.7 Å². The van der Waals surface area contributed by atoms with Gasteiger partial charge >= 0.3 is 5.97 Å². The highest BCUT2D eigenvalue weighted by Gasteiger charge is 2.65. The van der Waals surface area contributed by atoms with Crippen molar-refractivity contribution >= 4 is 11.9 Å². The summed E-state index contributed by atoms with van der Waals surface area (Å²) in [5.41, 5.74) is 0.394. The maximum absolute atomic E-state index is 13.0. The summed E-state index contributed by atoms with van der Waals surface area (Å²) >= 11 is 0. The van der Waals surface area contributed by atoms with Gasteiger partial charge < -0.3 is 15.1 Å². The third kappa shape index (κ3) is 1.95. The number of fused-ring (bicyclic) bond motifs is 1. The minimum Gasteiger partial charge on any atom is -0.480 e. The number of carbonyl (C=O) groups is 2. The summed E-state index contributed by atoms with van der Waals surface area (Å²) in [7, 11) is 0. The second-order valence-electron chi connectivity index (χ2n) is 7.32. The van der Waals surface area contributed by atoms with Crippen LogP contribution < -0.4 is 0 Å².